The minimum atomic E-state index is -1.01. The molecule has 2 heterocycles. The van der Waals surface area contributed by atoms with Crippen LogP contribution in [-0.2, 0) is 36.9 Å². The molecule has 14 heteroatoms. The molecule has 2 aromatic carbocycles. The maximum atomic E-state index is 14.3. The van der Waals surface area contributed by atoms with Crippen molar-refractivity contribution in [1.82, 2.24) is 31.2 Å². The van der Waals surface area contributed by atoms with E-state index in [9.17, 15) is 29.2 Å². The van der Waals surface area contributed by atoms with Crippen LogP contribution in [0.15, 0.2) is 72.8 Å². The summed E-state index contributed by atoms with van der Waals surface area (Å²) < 4.78 is 5.33. The Morgan fingerprint density at radius 3 is 2.08 bits per heavy atom. The van der Waals surface area contributed by atoms with E-state index in [1.165, 1.54) is 5.06 Å². The van der Waals surface area contributed by atoms with Crippen LogP contribution in [-0.4, -0.2) is 99.3 Å². The van der Waals surface area contributed by atoms with Gasteiger partial charge in [-0.25, -0.2) is 4.79 Å². The van der Waals surface area contributed by atoms with Gasteiger partial charge in [-0.3, -0.25) is 19.2 Å². The summed E-state index contributed by atoms with van der Waals surface area (Å²) >= 11 is 0. The Balaban J connectivity index is 1.46. The number of nitrogens with one attached hydrogen (secondary N) is 4. The van der Waals surface area contributed by atoms with Crippen molar-refractivity contribution in [2.75, 3.05) is 13.1 Å². The first-order chi connectivity index (χ1) is 29.3. The number of nitrogens with zero attached hydrogens (tertiary/aromatic N) is 2. The topological polar surface area (TPSA) is 195 Å². The number of carbonyl (C=O) groups excluding carboxylic acids is 5. The number of piperidine rings is 1. The second kappa shape index (κ2) is 23.1. The van der Waals surface area contributed by atoms with Crippen molar-refractivity contribution in [3.8, 4) is 0 Å². The fourth-order valence-electron chi connectivity index (χ4n) is 8.78. The molecular weight excluding hydrogens is 787 g/mol. The van der Waals surface area contributed by atoms with Crippen LogP contribution in [0.1, 0.15) is 111 Å². The zero-order valence-corrected chi connectivity index (χ0v) is 38.2. The molecule has 5 amide bonds. The number of rotatable bonds is 20. The Labute approximate surface area is 369 Å². The highest BCUT2D eigenvalue weighted by molar-refractivity contribution is 5.95. The van der Waals surface area contributed by atoms with Crippen LogP contribution < -0.4 is 27.0 Å². The van der Waals surface area contributed by atoms with Crippen molar-refractivity contribution in [3.05, 3.63) is 83.9 Å². The average molecular weight is 860 g/mol. The summed E-state index contributed by atoms with van der Waals surface area (Å²) in [5, 5.41) is 23.9. The van der Waals surface area contributed by atoms with Gasteiger partial charge in [0.25, 0.3) is 0 Å². The van der Waals surface area contributed by atoms with E-state index in [0.717, 1.165) is 17.5 Å². The van der Waals surface area contributed by atoms with Crippen LogP contribution >= 0.6 is 0 Å². The lowest BCUT2D eigenvalue weighted by Crippen LogP contribution is -2.64. The summed E-state index contributed by atoms with van der Waals surface area (Å²) in [5.41, 5.74) is 6.99. The molecule has 5 atom stereocenters. The summed E-state index contributed by atoms with van der Waals surface area (Å²) in [6.45, 7) is 16.2. The smallest absolute Gasteiger partial charge is 0.407 e. The molecule has 2 fully saturated rings. The molecule has 4 rings (SSSR count). The average Bonchev–Trinajstić information content (AvgIpc) is 3.71. The van der Waals surface area contributed by atoms with Crippen molar-refractivity contribution in [3.63, 3.8) is 0 Å². The van der Waals surface area contributed by atoms with E-state index in [1.807, 2.05) is 114 Å². The second-order valence-corrected chi connectivity index (χ2v) is 19.1. The molecule has 2 aliphatic heterocycles. The minimum Gasteiger partial charge on any atom is -0.445 e. The number of carbonyl (C=O) groups is 5. The van der Waals surface area contributed by atoms with Crippen LogP contribution in [0.5, 0.6) is 0 Å². The highest BCUT2D eigenvalue weighted by atomic mass is 16.5. The highest BCUT2D eigenvalue weighted by Crippen LogP contribution is 2.36. The molecule has 0 radical (unpaired) electrons. The number of amides is 5. The van der Waals surface area contributed by atoms with Gasteiger partial charge in [-0.15, -0.1) is 0 Å². The molecule has 7 N–H and O–H groups in total. The van der Waals surface area contributed by atoms with Gasteiger partial charge >= 0.3 is 6.09 Å². The molecule has 2 aliphatic rings. The van der Waals surface area contributed by atoms with Gasteiger partial charge in [0.05, 0.1) is 5.92 Å². The molecule has 4 unspecified atom stereocenters. The molecular formula is C48H73N7O7. The number of alkyl carbamates (subject to hydrolysis) is 1. The summed E-state index contributed by atoms with van der Waals surface area (Å²) in [6, 6.07) is 15.8. The maximum Gasteiger partial charge on any atom is 0.407 e. The lowest BCUT2D eigenvalue weighted by Gasteiger charge is -2.51. The first kappa shape index (κ1) is 49.9. The molecule has 0 spiro atoms. The summed E-state index contributed by atoms with van der Waals surface area (Å²) in [7, 11) is 0. The number of likely N-dealkylation sites (tertiary alicyclic amines) is 1. The van der Waals surface area contributed by atoms with Gasteiger partial charge < -0.3 is 41.8 Å². The van der Waals surface area contributed by atoms with Crippen molar-refractivity contribution in [1.29, 1.82) is 0 Å². The number of hydrogen-bond donors (Lipinski definition) is 6. The number of nitrogens with two attached hydrogens (primary N) is 1. The van der Waals surface area contributed by atoms with Crippen molar-refractivity contribution in [2.45, 2.75) is 155 Å². The van der Waals surface area contributed by atoms with E-state index in [-0.39, 0.29) is 43.5 Å². The van der Waals surface area contributed by atoms with E-state index in [0.29, 0.717) is 51.0 Å². The molecule has 2 saturated heterocycles. The molecule has 342 valence electrons. The molecule has 14 nitrogen and oxygen atoms in total. The third-order valence-electron chi connectivity index (χ3n) is 11.8. The zero-order chi connectivity index (χ0) is 45.6. The molecule has 62 heavy (non-hydrogen) atoms. The molecule has 2 aromatic rings. The van der Waals surface area contributed by atoms with E-state index in [1.54, 1.807) is 4.90 Å². The highest BCUT2D eigenvalue weighted by Gasteiger charge is 2.46. The van der Waals surface area contributed by atoms with E-state index < -0.39 is 58.9 Å². The van der Waals surface area contributed by atoms with Gasteiger partial charge in [-0.05, 0) is 102 Å². The number of ether oxygens (including phenoxy) is 1. The van der Waals surface area contributed by atoms with Crippen LogP contribution in [0.25, 0.3) is 0 Å². The lowest BCUT2D eigenvalue weighted by molar-refractivity contribution is -0.246. The third-order valence-corrected chi connectivity index (χ3v) is 11.8. The number of hydroxylamine groups is 2. The number of benzene rings is 2. The van der Waals surface area contributed by atoms with Gasteiger partial charge in [0.15, 0.2) is 0 Å². The Hall–Kier alpha value is -4.79. The summed E-state index contributed by atoms with van der Waals surface area (Å²) in [6.07, 6.45) is 6.96. The normalized spacial score (nSPS) is 19.7. The second-order valence-electron chi connectivity index (χ2n) is 19.1. The SMILES string of the molecule is CC(C)CC(N)/C=C/C(Cc1ccccc1)C(=O)N1CCC[C@H]1C(=O)NC(C(=O)NC(CCCNC(=O)OCc1ccccc1)C(=O)NC1CC(C)(C)N(O)C(C)(C)C1)C(C)C. The lowest BCUT2D eigenvalue weighted by atomic mass is 9.79. The third kappa shape index (κ3) is 14.9. The fourth-order valence-corrected chi connectivity index (χ4v) is 8.78. The molecule has 0 aromatic heterocycles. The molecule has 0 bridgehead atoms. The van der Waals surface area contributed by atoms with Crippen molar-refractivity contribution < 1.29 is 33.9 Å². The summed E-state index contributed by atoms with van der Waals surface area (Å²) in [5.74, 6) is -2.03. The Bertz CT molecular complexity index is 1780. The summed E-state index contributed by atoms with van der Waals surface area (Å²) in [4.78, 5) is 70.7. The molecule has 0 saturated carbocycles. The minimum absolute atomic E-state index is 0.112. The monoisotopic (exact) mass is 860 g/mol. The quantitative estimate of drug-likeness (QED) is 0.0724. The van der Waals surface area contributed by atoms with E-state index >= 15 is 0 Å². The standard InChI is InChI=1S/C48H73N7O7/c1-32(2)27-37(49)24-23-36(28-34-17-11-9-12-18-34)45(59)54-26-16-22-40(54)43(57)53-41(33(3)4)44(58)52-39(21-15-25-50-46(60)62-31-35-19-13-10-14-20-35)42(56)51-38-29-47(5,6)55(61)48(7,8)30-38/h9-14,17-20,23-24,32-33,36-41,61H,15-16,21-22,25-31,49H2,1-8H3,(H,50,60)(H,51,56)(H,52,58)(H,53,57)/b24-23+/t36?,37?,39?,40-,41?/m0/s1. The van der Waals surface area contributed by atoms with Crippen LogP contribution in [0.3, 0.4) is 0 Å². The first-order valence-electron chi connectivity index (χ1n) is 22.4. The van der Waals surface area contributed by atoms with Crippen molar-refractivity contribution >= 4 is 29.7 Å². The number of hydrogen-bond acceptors (Lipinski definition) is 9. The van der Waals surface area contributed by atoms with Crippen LogP contribution in [0.4, 0.5) is 4.79 Å². The Morgan fingerprint density at radius 2 is 1.48 bits per heavy atom. The predicted octanol–water partition coefficient (Wildman–Crippen LogP) is 5.63. The Kier molecular flexibility index (Phi) is 18.5. The zero-order valence-electron chi connectivity index (χ0n) is 38.2. The largest absolute Gasteiger partial charge is 0.445 e. The van der Waals surface area contributed by atoms with Gasteiger partial charge in [-0.1, -0.05) is 101 Å². The fraction of sp³-hybridized carbons (Fsp3) is 0.604. The van der Waals surface area contributed by atoms with Gasteiger partial charge in [0.1, 0.15) is 24.7 Å². The maximum absolute atomic E-state index is 14.3. The van der Waals surface area contributed by atoms with E-state index in [4.69, 9.17) is 10.5 Å². The van der Waals surface area contributed by atoms with Crippen LogP contribution in [0.2, 0.25) is 0 Å². The Morgan fingerprint density at radius 1 is 0.871 bits per heavy atom. The predicted molar refractivity (Wildman–Crippen MR) is 240 cm³/mol. The van der Waals surface area contributed by atoms with E-state index in [2.05, 4.69) is 35.1 Å². The van der Waals surface area contributed by atoms with Gasteiger partial charge in [-0.2, -0.15) is 5.06 Å². The van der Waals surface area contributed by atoms with Crippen LogP contribution in [0, 0.1) is 17.8 Å². The molecule has 0 aliphatic carbocycles. The van der Waals surface area contributed by atoms with Gasteiger partial charge in [0.2, 0.25) is 23.6 Å². The van der Waals surface area contributed by atoms with Crippen molar-refractivity contribution in [2.24, 2.45) is 23.5 Å². The first-order valence-corrected chi connectivity index (χ1v) is 22.4. The van der Waals surface area contributed by atoms with Gasteiger partial charge in [0, 0.05) is 36.3 Å².